The molecule has 4 heterocycles. The van der Waals surface area contributed by atoms with Crippen molar-refractivity contribution < 1.29 is 52.5 Å². The molecule has 4 fully saturated rings. The fraction of sp³-hybridized carbons (Fsp3) is 0.357. The standard InChI is InChI=1S/C35H36O7.C21H20Br4O4/c36-29(19-37-30-9-1-25(2-10-30)17-27-5-13-32(14-6-27)39-21-34-23-41-34)20-38-31-11-3-26(4-12-31)18-28-7-15-33(16-8-28)40-22-35-24-42-35;1-21(2,11-3-15(22)19(16(23)4-11)28-9-13-7-26-13)12-5-17(24)20(18(25)6-12)29-10-14-8-27-14/h1-16,29,34-36H,17-24H2;3-6,13-14H,7-10H2,1-2H3. The number of hydrogen-bond acceptors (Lipinski definition) is 11. The fourth-order valence-electron chi connectivity index (χ4n) is 7.39. The normalized spacial score (nSPS) is 18.9. The molecule has 4 aliphatic heterocycles. The number of aliphatic hydroxyl groups is 1. The highest BCUT2D eigenvalue weighted by Crippen LogP contribution is 2.44. The first kappa shape index (κ1) is 51.7. The van der Waals surface area contributed by atoms with Gasteiger partial charge in [0, 0.05) is 5.41 Å². The minimum Gasteiger partial charge on any atom is -0.491 e. The minimum absolute atomic E-state index is 0.151. The lowest BCUT2D eigenvalue weighted by atomic mass is 9.78. The molecule has 6 aromatic carbocycles. The van der Waals surface area contributed by atoms with E-state index < -0.39 is 6.10 Å². The van der Waals surface area contributed by atoms with E-state index in [0.29, 0.717) is 37.9 Å². The van der Waals surface area contributed by atoms with E-state index in [2.05, 4.69) is 126 Å². The maximum Gasteiger partial charge on any atom is 0.147 e. The third-order valence-corrected chi connectivity index (χ3v) is 14.5. The molecular formula is C56H56Br4O11. The molecule has 0 saturated carbocycles. The van der Waals surface area contributed by atoms with Crippen LogP contribution in [0.4, 0.5) is 0 Å². The zero-order chi connectivity index (χ0) is 49.3. The minimum atomic E-state index is -0.747. The summed E-state index contributed by atoms with van der Waals surface area (Å²) in [6.45, 7) is 10.2. The van der Waals surface area contributed by atoms with E-state index in [1.165, 1.54) is 22.3 Å². The summed E-state index contributed by atoms with van der Waals surface area (Å²) in [5.41, 5.74) is 6.85. The molecule has 0 amide bonds. The summed E-state index contributed by atoms with van der Waals surface area (Å²) in [7, 11) is 0. The van der Waals surface area contributed by atoms with Crippen LogP contribution in [-0.2, 0) is 37.2 Å². The third-order valence-electron chi connectivity index (χ3n) is 12.1. The van der Waals surface area contributed by atoms with Crippen LogP contribution in [-0.4, -0.2) is 102 Å². The Morgan fingerprint density at radius 1 is 0.437 bits per heavy atom. The van der Waals surface area contributed by atoms with E-state index in [1.54, 1.807) is 0 Å². The second kappa shape index (κ2) is 24.2. The molecule has 71 heavy (non-hydrogen) atoms. The van der Waals surface area contributed by atoms with E-state index in [0.717, 1.165) is 91.3 Å². The van der Waals surface area contributed by atoms with Crippen LogP contribution in [0.2, 0.25) is 0 Å². The Hall–Kier alpha value is -4.16. The van der Waals surface area contributed by atoms with Crippen molar-refractivity contribution in [2.45, 2.75) is 62.6 Å². The van der Waals surface area contributed by atoms with Crippen LogP contribution in [0.25, 0.3) is 0 Å². The molecule has 0 bridgehead atoms. The lowest BCUT2D eigenvalue weighted by Crippen LogP contribution is -2.25. The number of ether oxygens (including phenoxy) is 10. The van der Waals surface area contributed by atoms with Crippen molar-refractivity contribution in [2.24, 2.45) is 0 Å². The van der Waals surface area contributed by atoms with Gasteiger partial charge in [-0.1, -0.05) is 62.4 Å². The Bertz CT molecular complexity index is 2440. The second-order valence-electron chi connectivity index (χ2n) is 18.4. The van der Waals surface area contributed by atoms with E-state index in [-0.39, 0.29) is 43.0 Å². The zero-order valence-electron chi connectivity index (χ0n) is 39.5. The average molecular weight is 1220 g/mol. The quantitative estimate of drug-likeness (QED) is 0.0582. The fourth-order valence-corrected chi connectivity index (χ4v) is 10.2. The monoisotopic (exact) mass is 1220 g/mol. The van der Waals surface area contributed by atoms with Gasteiger partial charge >= 0.3 is 0 Å². The molecule has 6 aromatic rings. The smallest absolute Gasteiger partial charge is 0.147 e. The van der Waals surface area contributed by atoms with Crippen molar-refractivity contribution in [1.82, 2.24) is 0 Å². The predicted octanol–water partition coefficient (Wildman–Crippen LogP) is 11.9. The van der Waals surface area contributed by atoms with Crippen molar-refractivity contribution in [1.29, 1.82) is 0 Å². The van der Waals surface area contributed by atoms with Gasteiger partial charge < -0.3 is 52.5 Å². The Balaban J connectivity index is 0.000000188. The van der Waals surface area contributed by atoms with Crippen LogP contribution in [0.1, 0.15) is 47.2 Å². The summed E-state index contributed by atoms with van der Waals surface area (Å²) < 4.78 is 59.3. The van der Waals surface area contributed by atoms with Gasteiger partial charge in [-0.15, -0.1) is 0 Å². The van der Waals surface area contributed by atoms with Crippen LogP contribution in [0.5, 0.6) is 34.5 Å². The van der Waals surface area contributed by atoms with Crippen LogP contribution >= 0.6 is 63.7 Å². The van der Waals surface area contributed by atoms with Crippen LogP contribution in [0.15, 0.2) is 139 Å². The number of epoxide rings is 4. The van der Waals surface area contributed by atoms with Crippen LogP contribution < -0.4 is 28.4 Å². The molecule has 11 nitrogen and oxygen atoms in total. The highest BCUT2D eigenvalue weighted by Gasteiger charge is 2.30. The van der Waals surface area contributed by atoms with E-state index in [4.69, 9.17) is 47.4 Å². The summed E-state index contributed by atoms with van der Waals surface area (Å²) in [4.78, 5) is 0. The molecule has 4 unspecified atom stereocenters. The predicted molar refractivity (Wildman–Crippen MR) is 285 cm³/mol. The topological polar surface area (TPSA) is 126 Å². The largest absolute Gasteiger partial charge is 0.491 e. The van der Waals surface area contributed by atoms with Crippen molar-refractivity contribution in [3.8, 4) is 34.5 Å². The zero-order valence-corrected chi connectivity index (χ0v) is 45.8. The van der Waals surface area contributed by atoms with E-state index >= 15 is 0 Å². The van der Waals surface area contributed by atoms with Crippen molar-refractivity contribution in [3.05, 3.63) is 173 Å². The van der Waals surface area contributed by atoms with Crippen LogP contribution in [0.3, 0.4) is 0 Å². The van der Waals surface area contributed by atoms with Gasteiger partial charge in [0.1, 0.15) is 105 Å². The van der Waals surface area contributed by atoms with E-state index in [1.807, 2.05) is 72.8 Å². The van der Waals surface area contributed by atoms with E-state index in [9.17, 15) is 5.11 Å². The van der Waals surface area contributed by atoms with Crippen molar-refractivity contribution in [2.75, 3.05) is 66.1 Å². The molecule has 4 aliphatic rings. The van der Waals surface area contributed by atoms with Gasteiger partial charge in [0.25, 0.3) is 0 Å². The number of aliphatic hydroxyl groups excluding tert-OH is 1. The van der Waals surface area contributed by atoms with Crippen LogP contribution in [0, 0.1) is 0 Å². The molecule has 10 rings (SSSR count). The maximum atomic E-state index is 10.4. The Morgan fingerprint density at radius 2 is 0.690 bits per heavy atom. The average Bonchev–Trinajstić information content (AvgIpc) is 4.14. The first-order chi connectivity index (χ1) is 34.4. The van der Waals surface area contributed by atoms with Gasteiger partial charge in [0.2, 0.25) is 0 Å². The lowest BCUT2D eigenvalue weighted by molar-refractivity contribution is 0.0626. The molecular weight excluding hydrogens is 1170 g/mol. The molecule has 0 spiro atoms. The summed E-state index contributed by atoms with van der Waals surface area (Å²) in [5.74, 6) is 4.75. The first-order valence-corrected chi connectivity index (χ1v) is 26.8. The van der Waals surface area contributed by atoms with Gasteiger partial charge in [-0.05, 0) is 183 Å². The van der Waals surface area contributed by atoms with Crippen molar-refractivity contribution in [3.63, 3.8) is 0 Å². The number of benzene rings is 6. The maximum absolute atomic E-state index is 10.4. The molecule has 374 valence electrons. The number of hydrogen-bond donors (Lipinski definition) is 1. The molecule has 0 radical (unpaired) electrons. The highest BCUT2D eigenvalue weighted by atomic mass is 79.9. The Labute approximate surface area is 448 Å². The second-order valence-corrected chi connectivity index (χ2v) is 21.9. The van der Waals surface area contributed by atoms with Gasteiger partial charge in [-0.2, -0.15) is 0 Å². The third kappa shape index (κ3) is 15.9. The first-order valence-electron chi connectivity index (χ1n) is 23.7. The number of rotatable bonds is 24. The SMILES string of the molecule is CC(C)(c1cc(Br)c(OCC2CO2)c(Br)c1)c1cc(Br)c(OCC2CO2)c(Br)c1.OC(COc1ccc(Cc2ccc(OCC3CO3)cc2)cc1)COc1ccc(Cc2ccc(OCC3CO3)cc2)cc1. The Morgan fingerprint density at radius 3 is 0.958 bits per heavy atom. The summed E-state index contributed by atoms with van der Waals surface area (Å²) >= 11 is 14.7. The molecule has 1 N–H and O–H groups in total. The molecule has 4 atom stereocenters. The van der Waals surface area contributed by atoms with Gasteiger partial charge in [0.05, 0.1) is 44.3 Å². The lowest BCUT2D eigenvalue weighted by Gasteiger charge is -2.28. The highest BCUT2D eigenvalue weighted by molar-refractivity contribution is 9.11. The van der Waals surface area contributed by atoms with Gasteiger partial charge in [-0.3, -0.25) is 0 Å². The van der Waals surface area contributed by atoms with Gasteiger partial charge in [0.15, 0.2) is 0 Å². The molecule has 0 aromatic heterocycles. The summed E-state index contributed by atoms with van der Waals surface area (Å²) in [5, 5.41) is 10.4. The summed E-state index contributed by atoms with van der Waals surface area (Å²) in [6, 6.07) is 40.7. The molecule has 15 heteroatoms. The number of halogens is 4. The van der Waals surface area contributed by atoms with Gasteiger partial charge in [-0.25, -0.2) is 0 Å². The summed E-state index contributed by atoms with van der Waals surface area (Å²) in [6.07, 6.45) is 1.83. The van der Waals surface area contributed by atoms with Crippen molar-refractivity contribution >= 4 is 63.7 Å². The molecule has 4 saturated heterocycles. The Kier molecular flexibility index (Phi) is 17.7. The molecule has 0 aliphatic carbocycles.